The van der Waals surface area contributed by atoms with Crippen LogP contribution in [0.2, 0.25) is 0 Å². The lowest BCUT2D eigenvalue weighted by Crippen LogP contribution is -2.10. The summed E-state index contributed by atoms with van der Waals surface area (Å²) in [5, 5.41) is 12.6. The lowest BCUT2D eigenvalue weighted by atomic mass is 10.1. The summed E-state index contributed by atoms with van der Waals surface area (Å²) in [7, 11) is 0. The molecule has 2 rings (SSSR count). The van der Waals surface area contributed by atoms with E-state index in [2.05, 4.69) is 5.32 Å². The van der Waals surface area contributed by atoms with Gasteiger partial charge < -0.3 is 10.4 Å². The Balaban J connectivity index is 2.18. The first-order chi connectivity index (χ1) is 8.54. The van der Waals surface area contributed by atoms with Crippen LogP contribution < -0.4 is 5.32 Å². The van der Waals surface area contributed by atoms with Crippen molar-refractivity contribution in [3.63, 3.8) is 0 Å². The van der Waals surface area contributed by atoms with Crippen molar-refractivity contribution in [3.8, 4) is 0 Å². The molecular weight excluding hydrogens is 236 g/mol. The Morgan fingerprint density at radius 1 is 1.06 bits per heavy atom. The van der Waals surface area contributed by atoms with Gasteiger partial charge in [0.1, 0.15) is 11.6 Å². The average molecular weight is 249 g/mol. The monoisotopic (exact) mass is 249 g/mol. The number of nitrogens with one attached hydrogen (secondary N) is 1. The van der Waals surface area contributed by atoms with Gasteiger partial charge in [-0.1, -0.05) is 29.8 Å². The first-order valence-corrected chi connectivity index (χ1v) is 5.52. The summed E-state index contributed by atoms with van der Waals surface area (Å²) in [5.41, 5.74) is 1.83. The minimum absolute atomic E-state index is 0.196. The van der Waals surface area contributed by atoms with Gasteiger partial charge in [-0.15, -0.1) is 0 Å². The van der Waals surface area contributed by atoms with Crippen LogP contribution in [0.15, 0.2) is 42.5 Å². The van der Waals surface area contributed by atoms with Gasteiger partial charge >= 0.3 is 0 Å². The summed E-state index contributed by atoms with van der Waals surface area (Å²) >= 11 is 0. The third-order valence-corrected chi connectivity index (χ3v) is 2.52. The van der Waals surface area contributed by atoms with E-state index in [-0.39, 0.29) is 5.69 Å². The van der Waals surface area contributed by atoms with Gasteiger partial charge in [-0.3, -0.25) is 0 Å². The van der Waals surface area contributed by atoms with E-state index in [1.165, 1.54) is 0 Å². The highest BCUT2D eigenvalue weighted by atomic mass is 19.1. The maximum absolute atomic E-state index is 13.0. The molecule has 0 saturated carbocycles. The topological polar surface area (TPSA) is 32.3 Å². The van der Waals surface area contributed by atoms with Gasteiger partial charge in [-0.05, 0) is 19.1 Å². The van der Waals surface area contributed by atoms with Gasteiger partial charge in [0.25, 0.3) is 0 Å². The SMILES string of the molecule is Cc1cccc(C(O)Nc2cc(F)cc(F)c2)c1. The summed E-state index contributed by atoms with van der Waals surface area (Å²) in [6, 6.07) is 10.3. The first kappa shape index (κ1) is 12.5. The van der Waals surface area contributed by atoms with Crippen LogP contribution in [0.1, 0.15) is 17.4 Å². The number of aryl methyl sites for hydroxylation is 1. The van der Waals surface area contributed by atoms with Gasteiger partial charge in [-0.2, -0.15) is 0 Å². The Hall–Kier alpha value is -1.94. The number of halogens is 2. The van der Waals surface area contributed by atoms with Crippen LogP contribution in [0.3, 0.4) is 0 Å². The van der Waals surface area contributed by atoms with Gasteiger partial charge in [-0.25, -0.2) is 8.78 Å². The molecule has 4 heteroatoms. The molecule has 2 N–H and O–H groups in total. The number of aliphatic hydroxyl groups is 1. The first-order valence-electron chi connectivity index (χ1n) is 5.52. The van der Waals surface area contributed by atoms with Gasteiger partial charge in [0.15, 0.2) is 6.23 Å². The van der Waals surface area contributed by atoms with E-state index in [1.807, 2.05) is 19.1 Å². The van der Waals surface area contributed by atoms with Crippen LogP contribution in [-0.2, 0) is 0 Å². The quantitative estimate of drug-likeness (QED) is 0.817. The van der Waals surface area contributed by atoms with Crippen molar-refractivity contribution in [1.29, 1.82) is 0 Å². The van der Waals surface area contributed by atoms with Crippen molar-refractivity contribution in [2.45, 2.75) is 13.2 Å². The minimum Gasteiger partial charge on any atom is -0.369 e. The van der Waals surface area contributed by atoms with Crippen molar-refractivity contribution < 1.29 is 13.9 Å². The molecule has 0 aliphatic heterocycles. The molecule has 1 unspecified atom stereocenters. The maximum atomic E-state index is 13.0. The predicted octanol–water partition coefficient (Wildman–Crippen LogP) is 3.38. The van der Waals surface area contributed by atoms with Crippen LogP contribution in [0.5, 0.6) is 0 Å². The second kappa shape index (κ2) is 5.14. The Kier molecular flexibility index (Phi) is 3.58. The van der Waals surface area contributed by atoms with E-state index in [0.717, 1.165) is 23.8 Å². The molecule has 0 aliphatic rings. The van der Waals surface area contributed by atoms with Crippen LogP contribution in [0.25, 0.3) is 0 Å². The molecule has 0 heterocycles. The van der Waals surface area contributed by atoms with E-state index >= 15 is 0 Å². The smallest absolute Gasteiger partial charge is 0.150 e. The number of anilines is 1. The number of hydrogen-bond acceptors (Lipinski definition) is 2. The molecule has 0 aromatic heterocycles. The lowest BCUT2D eigenvalue weighted by Gasteiger charge is -2.15. The fraction of sp³-hybridized carbons (Fsp3) is 0.143. The number of aliphatic hydroxyl groups excluding tert-OH is 1. The molecule has 0 saturated heterocycles. The molecule has 0 spiro atoms. The van der Waals surface area contributed by atoms with Crippen molar-refractivity contribution in [2.75, 3.05) is 5.32 Å². The molecule has 0 amide bonds. The third kappa shape index (κ3) is 3.05. The Bertz CT molecular complexity index is 537. The van der Waals surface area contributed by atoms with Crippen LogP contribution in [-0.4, -0.2) is 5.11 Å². The Labute approximate surface area is 104 Å². The van der Waals surface area contributed by atoms with Crippen LogP contribution in [0.4, 0.5) is 14.5 Å². The fourth-order valence-corrected chi connectivity index (χ4v) is 1.72. The highest BCUT2D eigenvalue weighted by molar-refractivity contribution is 5.45. The van der Waals surface area contributed by atoms with E-state index in [4.69, 9.17) is 0 Å². The molecule has 94 valence electrons. The molecule has 0 fully saturated rings. The molecule has 1 atom stereocenters. The van der Waals surface area contributed by atoms with E-state index in [0.29, 0.717) is 5.56 Å². The summed E-state index contributed by atoms with van der Waals surface area (Å²) in [4.78, 5) is 0. The molecule has 0 radical (unpaired) electrons. The standard InChI is InChI=1S/C14H13F2NO/c1-9-3-2-4-10(5-9)14(18)17-13-7-11(15)6-12(16)8-13/h2-8,14,17-18H,1H3. The third-order valence-electron chi connectivity index (χ3n) is 2.52. The number of hydrogen-bond donors (Lipinski definition) is 2. The van der Waals surface area contributed by atoms with Crippen molar-refractivity contribution in [2.24, 2.45) is 0 Å². The van der Waals surface area contributed by atoms with Crippen LogP contribution >= 0.6 is 0 Å². The predicted molar refractivity (Wildman–Crippen MR) is 66.1 cm³/mol. The van der Waals surface area contributed by atoms with Gasteiger partial charge in [0.05, 0.1) is 0 Å². The zero-order valence-corrected chi connectivity index (χ0v) is 9.82. The molecule has 2 nitrogen and oxygen atoms in total. The maximum Gasteiger partial charge on any atom is 0.150 e. The zero-order valence-electron chi connectivity index (χ0n) is 9.82. The van der Waals surface area contributed by atoms with Gasteiger partial charge in [0, 0.05) is 17.3 Å². The highest BCUT2D eigenvalue weighted by Gasteiger charge is 2.08. The molecule has 0 aliphatic carbocycles. The van der Waals surface area contributed by atoms with Crippen molar-refractivity contribution >= 4 is 5.69 Å². The fourth-order valence-electron chi connectivity index (χ4n) is 1.72. The van der Waals surface area contributed by atoms with Crippen molar-refractivity contribution in [3.05, 3.63) is 65.2 Å². The molecular formula is C14H13F2NO. The highest BCUT2D eigenvalue weighted by Crippen LogP contribution is 2.20. The zero-order chi connectivity index (χ0) is 13.1. The van der Waals surface area contributed by atoms with Crippen molar-refractivity contribution in [1.82, 2.24) is 0 Å². The number of rotatable bonds is 3. The van der Waals surface area contributed by atoms with Crippen LogP contribution in [0, 0.1) is 18.6 Å². The average Bonchev–Trinajstić information content (AvgIpc) is 2.27. The largest absolute Gasteiger partial charge is 0.369 e. The second-order valence-electron chi connectivity index (χ2n) is 4.12. The number of benzene rings is 2. The Morgan fingerprint density at radius 3 is 2.33 bits per heavy atom. The summed E-state index contributed by atoms with van der Waals surface area (Å²) in [5.74, 6) is -1.37. The molecule has 2 aromatic carbocycles. The molecule has 0 bridgehead atoms. The second-order valence-corrected chi connectivity index (χ2v) is 4.12. The summed E-state index contributed by atoms with van der Waals surface area (Å²) in [6.07, 6.45) is -1.01. The minimum atomic E-state index is -1.01. The van der Waals surface area contributed by atoms with Gasteiger partial charge in [0.2, 0.25) is 0 Å². The summed E-state index contributed by atoms with van der Waals surface area (Å²) in [6.45, 7) is 1.90. The van der Waals surface area contributed by atoms with E-state index in [1.54, 1.807) is 12.1 Å². The van der Waals surface area contributed by atoms with E-state index < -0.39 is 17.9 Å². The molecule has 18 heavy (non-hydrogen) atoms. The summed E-state index contributed by atoms with van der Waals surface area (Å²) < 4.78 is 26.0. The molecule has 2 aromatic rings. The van der Waals surface area contributed by atoms with E-state index in [9.17, 15) is 13.9 Å². The lowest BCUT2D eigenvalue weighted by molar-refractivity contribution is 0.208. The Morgan fingerprint density at radius 2 is 1.72 bits per heavy atom. The normalized spacial score (nSPS) is 12.2.